The first kappa shape index (κ1) is 22.8. The Hall–Kier alpha value is -1.51. The Morgan fingerprint density at radius 3 is 2.50 bits per heavy atom. The highest BCUT2D eigenvalue weighted by atomic mass is 127. The molecule has 0 aliphatic carbocycles. The van der Waals surface area contributed by atoms with Crippen LogP contribution in [0.4, 0.5) is 5.69 Å². The third-order valence-electron chi connectivity index (χ3n) is 4.94. The molecule has 0 bridgehead atoms. The number of anilines is 1. The number of nitrogens with one attached hydrogen (secondary N) is 1. The van der Waals surface area contributed by atoms with E-state index in [2.05, 4.69) is 21.3 Å². The topological polar surface area (TPSA) is 62.9 Å². The Morgan fingerprint density at radius 1 is 1.18 bits per heavy atom. The maximum absolute atomic E-state index is 6.27. The molecule has 0 spiro atoms. The molecule has 0 amide bonds. The van der Waals surface area contributed by atoms with Gasteiger partial charge in [0.1, 0.15) is 5.75 Å². The Labute approximate surface area is 189 Å². The Balaban J connectivity index is 0.00000280. The number of rotatable bonds is 6. The smallest absolute Gasteiger partial charge is 0.193 e. The monoisotopic (exact) mass is 514 g/mol. The van der Waals surface area contributed by atoms with Gasteiger partial charge in [0, 0.05) is 23.8 Å². The summed E-state index contributed by atoms with van der Waals surface area (Å²) in [6.07, 6.45) is 2.26. The summed E-state index contributed by atoms with van der Waals surface area (Å²) in [5.41, 5.74) is 8.13. The molecule has 1 saturated heterocycles. The van der Waals surface area contributed by atoms with Gasteiger partial charge in [0.2, 0.25) is 0 Å². The number of hydrogen-bond acceptors (Lipinski definition) is 3. The minimum absolute atomic E-state index is 0. The van der Waals surface area contributed by atoms with Crippen molar-refractivity contribution in [2.75, 3.05) is 32.1 Å². The predicted molar refractivity (Wildman–Crippen MR) is 128 cm³/mol. The highest BCUT2D eigenvalue weighted by Crippen LogP contribution is 2.22. The number of aliphatic imine (C=N–C) groups is 1. The molecule has 2 aromatic carbocycles. The summed E-state index contributed by atoms with van der Waals surface area (Å²) in [6.45, 7) is 3.81. The van der Waals surface area contributed by atoms with E-state index in [1.165, 1.54) is 5.56 Å². The summed E-state index contributed by atoms with van der Waals surface area (Å²) >= 11 is 6.27. The standard InChI is InChI=1S/C21H27ClN4O.HI/c1-27-19-8-6-18(7-9-19)25-21(23)24-14-16-10-12-26(13-11-16)15-17-4-2-3-5-20(17)22;/h2-9,16H,10-15H2,1H3,(H3,23,24,25);1H. The molecule has 0 aromatic heterocycles. The molecule has 0 unspecified atom stereocenters. The van der Waals surface area contributed by atoms with Crippen molar-refractivity contribution in [3.05, 3.63) is 59.1 Å². The number of halogens is 2. The lowest BCUT2D eigenvalue weighted by atomic mass is 9.96. The first-order valence-corrected chi connectivity index (χ1v) is 9.68. The van der Waals surface area contributed by atoms with E-state index in [4.69, 9.17) is 22.1 Å². The SMILES string of the molecule is COc1ccc(NC(N)=NCC2CCN(Cc3ccccc3Cl)CC2)cc1.I. The molecule has 1 fully saturated rings. The quantitative estimate of drug-likeness (QED) is 0.336. The Bertz CT molecular complexity index is 761. The van der Waals surface area contributed by atoms with Gasteiger partial charge in [0.05, 0.1) is 7.11 Å². The lowest BCUT2D eigenvalue weighted by Crippen LogP contribution is -2.34. The Kier molecular flexibility index (Phi) is 9.34. The van der Waals surface area contributed by atoms with Crippen LogP contribution >= 0.6 is 35.6 Å². The summed E-state index contributed by atoms with van der Waals surface area (Å²) in [7, 11) is 1.65. The van der Waals surface area contributed by atoms with E-state index in [0.717, 1.165) is 55.5 Å². The average Bonchev–Trinajstić information content (AvgIpc) is 2.70. The zero-order chi connectivity index (χ0) is 19.1. The highest BCUT2D eigenvalue weighted by molar-refractivity contribution is 14.0. The number of nitrogens with two attached hydrogens (primary N) is 1. The van der Waals surface area contributed by atoms with E-state index in [9.17, 15) is 0 Å². The van der Waals surface area contributed by atoms with Gasteiger partial charge in [0.25, 0.3) is 0 Å². The van der Waals surface area contributed by atoms with Gasteiger partial charge in [-0.15, -0.1) is 24.0 Å². The van der Waals surface area contributed by atoms with Gasteiger partial charge in [-0.2, -0.15) is 0 Å². The van der Waals surface area contributed by atoms with Crippen LogP contribution in [0.5, 0.6) is 5.75 Å². The second-order valence-electron chi connectivity index (χ2n) is 6.89. The number of methoxy groups -OCH3 is 1. The molecule has 3 rings (SSSR count). The summed E-state index contributed by atoms with van der Waals surface area (Å²) < 4.78 is 5.15. The van der Waals surface area contributed by atoms with Crippen LogP contribution in [0.3, 0.4) is 0 Å². The zero-order valence-electron chi connectivity index (χ0n) is 16.1. The lowest BCUT2D eigenvalue weighted by Gasteiger charge is -2.31. The van der Waals surface area contributed by atoms with Crippen LogP contribution in [0.2, 0.25) is 5.02 Å². The second-order valence-corrected chi connectivity index (χ2v) is 7.30. The van der Waals surface area contributed by atoms with E-state index in [1.807, 2.05) is 42.5 Å². The molecule has 0 atom stereocenters. The molecule has 1 aliphatic rings. The van der Waals surface area contributed by atoms with E-state index in [1.54, 1.807) is 7.11 Å². The van der Waals surface area contributed by atoms with Gasteiger partial charge in [-0.3, -0.25) is 9.89 Å². The van der Waals surface area contributed by atoms with Crippen molar-refractivity contribution in [1.82, 2.24) is 4.90 Å². The van der Waals surface area contributed by atoms with Crippen LogP contribution in [-0.4, -0.2) is 37.6 Å². The molecule has 28 heavy (non-hydrogen) atoms. The maximum atomic E-state index is 6.27. The molecule has 7 heteroatoms. The fourth-order valence-corrected chi connectivity index (χ4v) is 3.48. The first-order valence-electron chi connectivity index (χ1n) is 9.31. The van der Waals surface area contributed by atoms with E-state index >= 15 is 0 Å². The molecule has 0 radical (unpaired) electrons. The van der Waals surface area contributed by atoms with Crippen molar-refractivity contribution in [1.29, 1.82) is 0 Å². The largest absolute Gasteiger partial charge is 0.497 e. The van der Waals surface area contributed by atoms with Crippen LogP contribution < -0.4 is 15.8 Å². The maximum Gasteiger partial charge on any atom is 0.193 e. The number of guanidine groups is 1. The van der Waals surface area contributed by atoms with E-state index in [0.29, 0.717) is 11.9 Å². The first-order chi connectivity index (χ1) is 13.1. The lowest BCUT2D eigenvalue weighted by molar-refractivity contribution is 0.180. The second kappa shape index (κ2) is 11.5. The molecule has 2 aromatic rings. The summed E-state index contributed by atoms with van der Waals surface area (Å²) in [5, 5.41) is 3.98. The summed E-state index contributed by atoms with van der Waals surface area (Å²) in [5.74, 6) is 1.85. The molecular formula is C21H28ClIN4O. The molecule has 5 nitrogen and oxygen atoms in total. The normalized spacial score (nSPS) is 15.7. The van der Waals surface area contributed by atoms with Gasteiger partial charge >= 0.3 is 0 Å². The molecule has 0 saturated carbocycles. The molecule has 152 valence electrons. The van der Waals surface area contributed by atoms with Crippen LogP contribution in [0, 0.1) is 5.92 Å². The van der Waals surface area contributed by atoms with Crippen molar-refractivity contribution in [3.8, 4) is 5.75 Å². The summed E-state index contributed by atoms with van der Waals surface area (Å²) in [6, 6.07) is 15.7. The number of ether oxygens (including phenoxy) is 1. The average molecular weight is 515 g/mol. The highest BCUT2D eigenvalue weighted by Gasteiger charge is 2.19. The van der Waals surface area contributed by atoms with Crippen molar-refractivity contribution in [2.45, 2.75) is 19.4 Å². The van der Waals surface area contributed by atoms with E-state index < -0.39 is 0 Å². The van der Waals surface area contributed by atoms with Gasteiger partial charge in [-0.05, 0) is 67.7 Å². The van der Waals surface area contributed by atoms with Crippen molar-refractivity contribution in [3.63, 3.8) is 0 Å². The fourth-order valence-electron chi connectivity index (χ4n) is 3.28. The third kappa shape index (κ3) is 6.83. The number of benzene rings is 2. The summed E-state index contributed by atoms with van der Waals surface area (Å²) in [4.78, 5) is 6.98. The van der Waals surface area contributed by atoms with Crippen molar-refractivity contribution in [2.24, 2.45) is 16.6 Å². The number of nitrogens with zero attached hydrogens (tertiary/aromatic N) is 2. The Morgan fingerprint density at radius 2 is 1.86 bits per heavy atom. The third-order valence-corrected chi connectivity index (χ3v) is 5.31. The molecule has 3 N–H and O–H groups in total. The van der Waals surface area contributed by atoms with E-state index in [-0.39, 0.29) is 24.0 Å². The van der Waals surface area contributed by atoms with Gasteiger partial charge in [0.15, 0.2) is 5.96 Å². The minimum atomic E-state index is 0. The van der Waals surface area contributed by atoms with Crippen LogP contribution in [0.1, 0.15) is 18.4 Å². The van der Waals surface area contributed by atoms with Gasteiger partial charge < -0.3 is 15.8 Å². The van der Waals surface area contributed by atoms with Crippen molar-refractivity contribution >= 4 is 47.2 Å². The van der Waals surface area contributed by atoms with Crippen LogP contribution in [0.25, 0.3) is 0 Å². The van der Waals surface area contributed by atoms with Gasteiger partial charge in [-0.1, -0.05) is 29.8 Å². The molecule has 1 aliphatic heterocycles. The number of likely N-dealkylation sites (tertiary alicyclic amines) is 1. The van der Waals surface area contributed by atoms with Crippen LogP contribution in [0.15, 0.2) is 53.5 Å². The molecular weight excluding hydrogens is 487 g/mol. The predicted octanol–water partition coefficient (Wildman–Crippen LogP) is 4.61. The van der Waals surface area contributed by atoms with Crippen LogP contribution in [-0.2, 0) is 6.54 Å². The van der Waals surface area contributed by atoms with Gasteiger partial charge in [-0.25, -0.2) is 0 Å². The zero-order valence-corrected chi connectivity index (χ0v) is 19.2. The number of piperidine rings is 1. The minimum Gasteiger partial charge on any atom is -0.497 e. The molecule has 1 heterocycles. The van der Waals surface area contributed by atoms with Crippen molar-refractivity contribution < 1.29 is 4.74 Å². The fraction of sp³-hybridized carbons (Fsp3) is 0.381. The number of hydrogen-bond donors (Lipinski definition) is 2.